The first-order valence-electron chi connectivity index (χ1n) is 7.36. The first-order valence-corrected chi connectivity index (χ1v) is 7.36. The molecular formula is C16H21N3O. The molecule has 4 nitrogen and oxygen atoms in total. The van der Waals surface area contributed by atoms with Crippen molar-refractivity contribution in [2.75, 3.05) is 0 Å². The lowest BCUT2D eigenvalue weighted by atomic mass is 9.97. The molecule has 1 fully saturated rings. The average Bonchev–Trinajstić information content (AvgIpc) is 2.74. The van der Waals surface area contributed by atoms with Crippen molar-refractivity contribution in [2.45, 2.75) is 52.1 Å². The van der Waals surface area contributed by atoms with Crippen molar-refractivity contribution in [1.82, 2.24) is 14.3 Å². The Bertz CT molecular complexity index is 636. The quantitative estimate of drug-likeness (QED) is 0.799. The predicted octanol–water partition coefficient (Wildman–Crippen LogP) is 3.05. The topological polar surface area (TPSA) is 37.6 Å². The fraction of sp³-hybridized carbons (Fsp3) is 0.500. The lowest BCUT2D eigenvalue weighted by molar-refractivity contribution is 0.0502. The molecule has 2 unspecified atom stereocenters. The Morgan fingerprint density at radius 1 is 1.25 bits per heavy atom. The van der Waals surface area contributed by atoms with Gasteiger partial charge in [-0.15, -0.1) is 0 Å². The van der Waals surface area contributed by atoms with Crippen molar-refractivity contribution >= 4 is 11.6 Å². The average molecular weight is 271 g/mol. The number of aryl methyl sites for hydroxylation is 1. The van der Waals surface area contributed by atoms with Crippen molar-refractivity contribution in [3.8, 4) is 0 Å². The summed E-state index contributed by atoms with van der Waals surface area (Å²) in [5.74, 6) is 0.112. The minimum absolute atomic E-state index is 0.112. The number of rotatable bonds is 1. The zero-order valence-corrected chi connectivity index (χ0v) is 12.3. The molecule has 1 amide bonds. The van der Waals surface area contributed by atoms with E-state index < -0.39 is 0 Å². The Hall–Kier alpha value is -1.84. The molecular weight excluding hydrogens is 250 g/mol. The van der Waals surface area contributed by atoms with Gasteiger partial charge < -0.3 is 4.90 Å². The first-order chi connectivity index (χ1) is 9.59. The van der Waals surface area contributed by atoms with E-state index in [1.165, 1.54) is 6.42 Å². The fourth-order valence-electron chi connectivity index (χ4n) is 3.32. The Balaban J connectivity index is 2.06. The molecule has 0 aromatic carbocycles. The summed E-state index contributed by atoms with van der Waals surface area (Å²) in [7, 11) is 0. The van der Waals surface area contributed by atoms with Crippen molar-refractivity contribution in [1.29, 1.82) is 0 Å². The van der Waals surface area contributed by atoms with Crippen LogP contribution in [0, 0.1) is 6.92 Å². The van der Waals surface area contributed by atoms with E-state index in [2.05, 4.69) is 18.8 Å². The number of likely N-dealkylation sites (tertiary alicyclic amines) is 1. The number of amides is 1. The minimum atomic E-state index is 0.112. The van der Waals surface area contributed by atoms with Crippen LogP contribution in [-0.2, 0) is 0 Å². The van der Waals surface area contributed by atoms with E-state index in [0.29, 0.717) is 17.8 Å². The highest BCUT2D eigenvalue weighted by atomic mass is 16.2. The number of aromatic nitrogens is 2. The lowest BCUT2D eigenvalue weighted by Gasteiger charge is -2.39. The maximum Gasteiger partial charge on any atom is 0.273 e. The molecule has 2 atom stereocenters. The molecule has 3 heterocycles. The minimum Gasteiger partial charge on any atom is -0.332 e. The van der Waals surface area contributed by atoms with E-state index in [9.17, 15) is 4.79 Å². The van der Waals surface area contributed by atoms with Crippen LogP contribution in [0.3, 0.4) is 0 Å². The molecule has 0 aliphatic carbocycles. The van der Waals surface area contributed by atoms with Crippen LogP contribution in [0.25, 0.3) is 5.65 Å². The van der Waals surface area contributed by atoms with E-state index in [4.69, 9.17) is 0 Å². The van der Waals surface area contributed by atoms with Gasteiger partial charge in [0.2, 0.25) is 0 Å². The van der Waals surface area contributed by atoms with Gasteiger partial charge in [0, 0.05) is 18.3 Å². The van der Waals surface area contributed by atoms with Crippen molar-refractivity contribution in [3.05, 3.63) is 35.8 Å². The molecule has 20 heavy (non-hydrogen) atoms. The van der Waals surface area contributed by atoms with Crippen LogP contribution in [0.15, 0.2) is 24.4 Å². The highest BCUT2D eigenvalue weighted by molar-refractivity contribution is 5.95. The van der Waals surface area contributed by atoms with Gasteiger partial charge in [0.15, 0.2) is 0 Å². The molecule has 0 spiro atoms. The highest BCUT2D eigenvalue weighted by Crippen LogP contribution is 2.25. The lowest BCUT2D eigenvalue weighted by Crippen LogP contribution is -2.48. The van der Waals surface area contributed by atoms with Crippen LogP contribution in [0.2, 0.25) is 0 Å². The Morgan fingerprint density at radius 2 is 1.95 bits per heavy atom. The Labute approximate surface area is 119 Å². The second-order valence-electron chi connectivity index (χ2n) is 5.82. The SMILES string of the molecule is Cc1nc2ccccn2c1C(=O)N1C(C)CCCC1C. The van der Waals surface area contributed by atoms with Crippen molar-refractivity contribution in [3.63, 3.8) is 0 Å². The van der Waals surface area contributed by atoms with Gasteiger partial charge in [-0.3, -0.25) is 9.20 Å². The number of hydrogen-bond donors (Lipinski definition) is 0. The van der Waals surface area contributed by atoms with Gasteiger partial charge >= 0.3 is 0 Å². The van der Waals surface area contributed by atoms with Crippen LogP contribution in [0.5, 0.6) is 0 Å². The zero-order chi connectivity index (χ0) is 14.3. The second-order valence-corrected chi connectivity index (χ2v) is 5.82. The van der Waals surface area contributed by atoms with Crippen LogP contribution >= 0.6 is 0 Å². The molecule has 1 aliphatic rings. The summed E-state index contributed by atoms with van der Waals surface area (Å²) in [5.41, 5.74) is 2.36. The monoisotopic (exact) mass is 271 g/mol. The molecule has 4 heteroatoms. The number of carbonyl (C=O) groups is 1. The van der Waals surface area contributed by atoms with E-state index in [-0.39, 0.29) is 5.91 Å². The Morgan fingerprint density at radius 3 is 2.65 bits per heavy atom. The highest BCUT2D eigenvalue weighted by Gasteiger charge is 2.32. The molecule has 0 saturated carbocycles. The number of carbonyl (C=O) groups excluding carboxylic acids is 1. The zero-order valence-electron chi connectivity index (χ0n) is 12.3. The molecule has 3 rings (SSSR count). The smallest absolute Gasteiger partial charge is 0.273 e. The molecule has 0 N–H and O–H groups in total. The largest absolute Gasteiger partial charge is 0.332 e. The molecule has 1 saturated heterocycles. The summed E-state index contributed by atoms with van der Waals surface area (Å²) in [5, 5.41) is 0. The number of nitrogens with zero attached hydrogens (tertiary/aromatic N) is 3. The van der Waals surface area contributed by atoms with Gasteiger partial charge in [0.05, 0.1) is 5.69 Å². The maximum absolute atomic E-state index is 13.0. The number of imidazole rings is 1. The van der Waals surface area contributed by atoms with Crippen LogP contribution < -0.4 is 0 Å². The summed E-state index contributed by atoms with van der Waals surface area (Å²) < 4.78 is 1.91. The fourth-order valence-corrected chi connectivity index (χ4v) is 3.32. The predicted molar refractivity (Wildman–Crippen MR) is 78.9 cm³/mol. The van der Waals surface area contributed by atoms with Crippen molar-refractivity contribution < 1.29 is 4.79 Å². The summed E-state index contributed by atoms with van der Waals surface area (Å²) in [6.07, 6.45) is 5.30. The third-order valence-corrected chi connectivity index (χ3v) is 4.33. The van der Waals surface area contributed by atoms with Gasteiger partial charge in [-0.1, -0.05) is 6.07 Å². The summed E-state index contributed by atoms with van der Waals surface area (Å²) in [4.78, 5) is 19.5. The van der Waals surface area contributed by atoms with Gasteiger partial charge in [0.25, 0.3) is 5.91 Å². The van der Waals surface area contributed by atoms with E-state index in [1.54, 1.807) is 0 Å². The van der Waals surface area contributed by atoms with Crippen LogP contribution in [-0.4, -0.2) is 32.3 Å². The third-order valence-electron chi connectivity index (χ3n) is 4.33. The molecule has 1 aliphatic heterocycles. The van der Waals surface area contributed by atoms with E-state index >= 15 is 0 Å². The Kier molecular flexibility index (Phi) is 3.24. The van der Waals surface area contributed by atoms with E-state index in [0.717, 1.165) is 24.2 Å². The normalized spacial score (nSPS) is 23.2. The van der Waals surface area contributed by atoms with Crippen LogP contribution in [0.4, 0.5) is 0 Å². The molecule has 0 radical (unpaired) electrons. The number of piperidine rings is 1. The number of hydrogen-bond acceptors (Lipinski definition) is 2. The van der Waals surface area contributed by atoms with Crippen LogP contribution in [0.1, 0.15) is 49.3 Å². The third kappa shape index (κ3) is 1.99. The maximum atomic E-state index is 13.0. The van der Waals surface area contributed by atoms with Gasteiger partial charge in [-0.05, 0) is 52.2 Å². The first kappa shape index (κ1) is 13.2. The summed E-state index contributed by atoms with van der Waals surface area (Å²) in [6.45, 7) is 6.21. The summed E-state index contributed by atoms with van der Waals surface area (Å²) in [6, 6.07) is 6.43. The van der Waals surface area contributed by atoms with Gasteiger partial charge in [-0.2, -0.15) is 0 Å². The summed E-state index contributed by atoms with van der Waals surface area (Å²) >= 11 is 0. The van der Waals surface area contributed by atoms with Gasteiger partial charge in [-0.25, -0.2) is 4.98 Å². The van der Waals surface area contributed by atoms with Crippen molar-refractivity contribution in [2.24, 2.45) is 0 Å². The molecule has 106 valence electrons. The second kappa shape index (κ2) is 4.93. The standard InChI is InChI=1S/C16H21N3O/c1-11-7-6-8-12(2)19(11)16(20)15-13(3)17-14-9-4-5-10-18(14)15/h4-5,9-12H,6-8H2,1-3H3. The van der Waals surface area contributed by atoms with E-state index in [1.807, 2.05) is 40.6 Å². The molecule has 0 bridgehead atoms. The molecule has 2 aromatic heterocycles. The molecule has 2 aromatic rings. The number of pyridine rings is 1. The van der Waals surface area contributed by atoms with Gasteiger partial charge in [0.1, 0.15) is 11.3 Å². The number of fused-ring (bicyclic) bond motifs is 1.